The van der Waals surface area contributed by atoms with E-state index in [0.29, 0.717) is 26.2 Å². The first kappa shape index (κ1) is 22.2. The molecule has 0 spiro atoms. The van der Waals surface area contributed by atoms with Crippen LogP contribution in [0.3, 0.4) is 0 Å². The van der Waals surface area contributed by atoms with Crippen LogP contribution in [-0.2, 0) is 0 Å². The number of hydrogen-bond acceptors (Lipinski definition) is 6. The first-order valence-electron chi connectivity index (χ1n) is 10.8. The smallest absolute Gasteiger partial charge is 0.405 e. The summed E-state index contributed by atoms with van der Waals surface area (Å²) < 4.78 is 42.0. The number of nitrogens with zero attached hydrogens (tertiary/aromatic N) is 5. The lowest BCUT2D eigenvalue weighted by Crippen LogP contribution is -2.49. The number of para-hydroxylation sites is 1. The van der Waals surface area contributed by atoms with E-state index in [2.05, 4.69) is 26.8 Å². The first-order chi connectivity index (χ1) is 15.3. The third kappa shape index (κ3) is 5.23. The number of ether oxygens (including phenoxy) is 1. The molecule has 0 bridgehead atoms. The molecule has 0 aliphatic carbocycles. The minimum Gasteiger partial charge on any atom is -0.405 e. The number of aromatic nitrogens is 2. The first-order valence-corrected chi connectivity index (χ1v) is 10.8. The average Bonchev–Trinajstić information content (AvgIpc) is 2.79. The van der Waals surface area contributed by atoms with Gasteiger partial charge in [0.1, 0.15) is 5.75 Å². The summed E-state index contributed by atoms with van der Waals surface area (Å²) in [5.74, 6) is 1.37. The highest BCUT2D eigenvalue weighted by Gasteiger charge is 2.34. The Balaban J connectivity index is 1.36. The van der Waals surface area contributed by atoms with E-state index in [4.69, 9.17) is 0 Å². The molecule has 7 nitrogen and oxygen atoms in total. The van der Waals surface area contributed by atoms with Crippen molar-refractivity contribution in [3.05, 3.63) is 42.0 Å². The number of hydrogen-bond donors (Lipinski definition) is 0. The Labute approximate surface area is 184 Å². The standard InChI is InChI=1S/C22H26F3N5O2/c1-16-8-10-28(11-9-16)19-6-7-20(27-26-19)29-12-14-30(15-13-29)21(31)17-4-2-3-5-18(17)32-22(23,24)25/h2-7,16H,8-15H2,1H3. The summed E-state index contributed by atoms with van der Waals surface area (Å²) in [5, 5.41) is 8.75. The van der Waals surface area contributed by atoms with Crippen LogP contribution in [-0.4, -0.2) is 66.6 Å². The summed E-state index contributed by atoms with van der Waals surface area (Å²) in [4.78, 5) is 18.6. The fourth-order valence-corrected chi connectivity index (χ4v) is 4.06. The Morgan fingerprint density at radius 2 is 1.47 bits per heavy atom. The van der Waals surface area contributed by atoms with Crippen molar-refractivity contribution in [2.45, 2.75) is 26.1 Å². The number of amides is 1. The van der Waals surface area contributed by atoms with Gasteiger partial charge >= 0.3 is 6.36 Å². The summed E-state index contributed by atoms with van der Waals surface area (Å²) in [6, 6.07) is 9.33. The highest BCUT2D eigenvalue weighted by molar-refractivity contribution is 5.97. The fraction of sp³-hybridized carbons (Fsp3) is 0.500. The van der Waals surface area contributed by atoms with Crippen LogP contribution < -0.4 is 14.5 Å². The zero-order chi connectivity index (χ0) is 22.7. The number of piperazine rings is 1. The number of alkyl halides is 3. The monoisotopic (exact) mass is 449 g/mol. The molecule has 0 atom stereocenters. The van der Waals surface area contributed by atoms with E-state index in [-0.39, 0.29) is 5.56 Å². The van der Waals surface area contributed by atoms with Crippen molar-refractivity contribution in [2.24, 2.45) is 5.92 Å². The molecule has 0 unspecified atom stereocenters. The zero-order valence-electron chi connectivity index (χ0n) is 17.9. The molecule has 2 aliphatic rings. The molecule has 32 heavy (non-hydrogen) atoms. The van der Waals surface area contributed by atoms with Gasteiger partial charge in [-0.1, -0.05) is 19.1 Å². The maximum atomic E-state index is 12.8. The fourth-order valence-electron chi connectivity index (χ4n) is 4.06. The van der Waals surface area contributed by atoms with Gasteiger partial charge in [0.2, 0.25) is 0 Å². The molecule has 1 aromatic heterocycles. The molecule has 1 amide bonds. The molecule has 1 aromatic carbocycles. The predicted octanol–water partition coefficient (Wildman–Crippen LogP) is 3.57. The van der Waals surface area contributed by atoms with Crippen molar-refractivity contribution in [3.63, 3.8) is 0 Å². The number of benzene rings is 1. The second kappa shape index (κ2) is 9.22. The third-order valence-electron chi connectivity index (χ3n) is 5.98. The molecule has 2 aromatic rings. The zero-order valence-corrected chi connectivity index (χ0v) is 17.9. The Morgan fingerprint density at radius 3 is 2.03 bits per heavy atom. The Kier molecular flexibility index (Phi) is 6.38. The van der Waals surface area contributed by atoms with Gasteiger partial charge in [-0.05, 0) is 43.0 Å². The van der Waals surface area contributed by atoms with E-state index < -0.39 is 18.0 Å². The van der Waals surface area contributed by atoms with E-state index in [1.807, 2.05) is 17.0 Å². The molecule has 2 aliphatic heterocycles. The van der Waals surface area contributed by atoms with Crippen molar-refractivity contribution in [3.8, 4) is 5.75 Å². The van der Waals surface area contributed by atoms with E-state index in [0.717, 1.165) is 49.6 Å². The highest BCUT2D eigenvalue weighted by atomic mass is 19.4. The Hall–Kier alpha value is -3.04. The van der Waals surface area contributed by atoms with Gasteiger partial charge < -0.3 is 19.4 Å². The maximum absolute atomic E-state index is 12.8. The third-order valence-corrected chi connectivity index (χ3v) is 5.98. The summed E-state index contributed by atoms with van der Waals surface area (Å²) in [5.41, 5.74) is -0.0988. The number of piperidine rings is 1. The molecule has 10 heteroatoms. The minimum atomic E-state index is -4.85. The number of halogens is 3. The van der Waals surface area contributed by atoms with Gasteiger partial charge in [0.15, 0.2) is 11.6 Å². The van der Waals surface area contributed by atoms with E-state index in [9.17, 15) is 18.0 Å². The number of carbonyl (C=O) groups is 1. The molecule has 3 heterocycles. The summed E-state index contributed by atoms with van der Waals surface area (Å²) in [6.07, 6.45) is -2.56. The van der Waals surface area contributed by atoms with Gasteiger partial charge in [0.05, 0.1) is 5.56 Å². The summed E-state index contributed by atoms with van der Waals surface area (Å²) >= 11 is 0. The number of anilines is 2. The minimum absolute atomic E-state index is 0.0988. The van der Waals surface area contributed by atoms with Gasteiger partial charge in [0.25, 0.3) is 5.91 Å². The Morgan fingerprint density at radius 1 is 0.906 bits per heavy atom. The molecule has 4 rings (SSSR count). The SMILES string of the molecule is CC1CCN(c2ccc(N3CCN(C(=O)c4ccccc4OC(F)(F)F)CC3)nn2)CC1. The number of carbonyl (C=O) groups excluding carboxylic acids is 1. The molecule has 2 fully saturated rings. The van der Waals surface area contributed by atoms with E-state index in [1.165, 1.54) is 23.1 Å². The van der Waals surface area contributed by atoms with Crippen molar-refractivity contribution in [1.82, 2.24) is 15.1 Å². The van der Waals surface area contributed by atoms with Crippen molar-refractivity contribution < 1.29 is 22.7 Å². The van der Waals surface area contributed by atoms with Gasteiger partial charge in [-0.3, -0.25) is 4.79 Å². The second-order valence-electron chi connectivity index (χ2n) is 8.24. The lowest BCUT2D eigenvalue weighted by atomic mass is 9.99. The van der Waals surface area contributed by atoms with Crippen LogP contribution >= 0.6 is 0 Å². The lowest BCUT2D eigenvalue weighted by molar-refractivity contribution is -0.274. The van der Waals surface area contributed by atoms with Crippen LogP contribution in [0.15, 0.2) is 36.4 Å². The topological polar surface area (TPSA) is 61.8 Å². The number of rotatable bonds is 4. The van der Waals surface area contributed by atoms with Crippen LogP contribution in [0.5, 0.6) is 5.75 Å². The normalized spacial score (nSPS) is 18.1. The van der Waals surface area contributed by atoms with Gasteiger partial charge in [-0.2, -0.15) is 0 Å². The maximum Gasteiger partial charge on any atom is 0.573 e. The molecule has 172 valence electrons. The average molecular weight is 449 g/mol. The summed E-state index contributed by atoms with van der Waals surface area (Å²) in [7, 11) is 0. The molecule has 2 saturated heterocycles. The second-order valence-corrected chi connectivity index (χ2v) is 8.24. The molecule has 0 N–H and O–H groups in total. The van der Waals surface area contributed by atoms with Gasteiger partial charge in [0, 0.05) is 39.3 Å². The molecule has 0 saturated carbocycles. The van der Waals surface area contributed by atoms with Crippen LogP contribution in [0.4, 0.5) is 24.8 Å². The van der Waals surface area contributed by atoms with Crippen LogP contribution in [0.1, 0.15) is 30.1 Å². The van der Waals surface area contributed by atoms with Crippen LogP contribution in [0.25, 0.3) is 0 Å². The van der Waals surface area contributed by atoms with Crippen molar-refractivity contribution in [1.29, 1.82) is 0 Å². The Bertz CT molecular complexity index is 922. The summed E-state index contributed by atoms with van der Waals surface area (Å²) in [6.45, 7) is 6.00. The van der Waals surface area contributed by atoms with Crippen LogP contribution in [0.2, 0.25) is 0 Å². The van der Waals surface area contributed by atoms with Gasteiger partial charge in [-0.15, -0.1) is 23.4 Å². The van der Waals surface area contributed by atoms with Crippen molar-refractivity contribution in [2.75, 3.05) is 49.1 Å². The van der Waals surface area contributed by atoms with Gasteiger partial charge in [-0.25, -0.2) is 0 Å². The molecular formula is C22H26F3N5O2. The van der Waals surface area contributed by atoms with Crippen molar-refractivity contribution >= 4 is 17.5 Å². The van der Waals surface area contributed by atoms with Crippen LogP contribution in [0, 0.1) is 5.92 Å². The van der Waals surface area contributed by atoms with E-state index in [1.54, 1.807) is 0 Å². The molecular weight excluding hydrogens is 423 g/mol. The molecule has 0 radical (unpaired) electrons. The predicted molar refractivity (Wildman–Crippen MR) is 114 cm³/mol. The quantitative estimate of drug-likeness (QED) is 0.711. The van der Waals surface area contributed by atoms with E-state index >= 15 is 0 Å². The largest absolute Gasteiger partial charge is 0.573 e. The highest BCUT2D eigenvalue weighted by Crippen LogP contribution is 2.28. The lowest BCUT2D eigenvalue weighted by Gasteiger charge is -2.35.